The molecule has 4 aromatic rings. The normalized spacial score (nSPS) is 15.3. The van der Waals surface area contributed by atoms with Gasteiger partial charge in [-0.05, 0) is 55.2 Å². The summed E-state index contributed by atoms with van der Waals surface area (Å²) >= 11 is 0. The molecule has 0 bridgehead atoms. The zero-order valence-electron chi connectivity index (χ0n) is 19.8. The molecule has 5 rings (SSSR count). The Morgan fingerprint density at radius 2 is 1.88 bits per heavy atom. The number of hydrogen-bond donors (Lipinski definition) is 0. The Labute approximate surface area is 199 Å². The Morgan fingerprint density at radius 1 is 1.06 bits per heavy atom. The summed E-state index contributed by atoms with van der Waals surface area (Å²) in [6.45, 7) is 3.57. The number of para-hydroxylation sites is 1. The van der Waals surface area contributed by atoms with Crippen LogP contribution in [0, 0.1) is 0 Å². The van der Waals surface area contributed by atoms with E-state index in [-0.39, 0.29) is 11.9 Å². The van der Waals surface area contributed by atoms with Gasteiger partial charge < -0.3 is 18.9 Å². The number of ether oxygens (including phenoxy) is 2. The van der Waals surface area contributed by atoms with Crippen LogP contribution < -0.4 is 9.47 Å². The molecule has 0 saturated heterocycles. The summed E-state index contributed by atoms with van der Waals surface area (Å²) in [5.41, 5.74) is 5.06. The number of aryl methyl sites for hydroxylation is 1. The molecule has 1 aliphatic heterocycles. The van der Waals surface area contributed by atoms with E-state index in [9.17, 15) is 4.79 Å². The second-order valence-corrected chi connectivity index (χ2v) is 8.55. The number of pyridine rings is 1. The first-order valence-electron chi connectivity index (χ1n) is 11.7. The molecule has 0 saturated carbocycles. The lowest BCUT2D eigenvalue weighted by molar-refractivity contribution is 0.0656. The zero-order chi connectivity index (χ0) is 23.7. The number of benzene rings is 2. The minimum absolute atomic E-state index is 0.0465. The highest BCUT2D eigenvalue weighted by molar-refractivity contribution is 6.07. The summed E-state index contributed by atoms with van der Waals surface area (Å²) < 4.78 is 13.1. The van der Waals surface area contributed by atoms with Crippen LogP contribution in [0.5, 0.6) is 11.5 Å². The summed E-state index contributed by atoms with van der Waals surface area (Å²) in [5, 5.41) is 0.992. The van der Waals surface area contributed by atoms with Crippen molar-refractivity contribution < 1.29 is 14.3 Å². The van der Waals surface area contributed by atoms with Crippen molar-refractivity contribution in [3.63, 3.8) is 0 Å². The molecule has 34 heavy (non-hydrogen) atoms. The standard InChI is InChI=1S/C28H29N3O3/c1-4-30-18-22(21-9-5-6-10-23(21)30)28(32)31-15-13-20-8-7-14-29-27(20)24(31)16-19-11-12-25(33-2)26(17-19)34-3/h5-12,14,17-18,24H,4,13,15-16H2,1-3H3. The minimum Gasteiger partial charge on any atom is -0.493 e. The van der Waals surface area contributed by atoms with Gasteiger partial charge in [-0.2, -0.15) is 0 Å². The van der Waals surface area contributed by atoms with Gasteiger partial charge in [0.15, 0.2) is 11.5 Å². The third-order valence-corrected chi connectivity index (χ3v) is 6.74. The number of carbonyl (C=O) groups is 1. The van der Waals surface area contributed by atoms with E-state index in [4.69, 9.17) is 14.5 Å². The lowest BCUT2D eigenvalue weighted by Gasteiger charge is -2.36. The number of carbonyl (C=O) groups excluding carboxylic acids is 1. The number of methoxy groups -OCH3 is 2. The molecular weight excluding hydrogens is 426 g/mol. The van der Waals surface area contributed by atoms with Gasteiger partial charge in [-0.3, -0.25) is 9.78 Å². The predicted molar refractivity (Wildman–Crippen MR) is 133 cm³/mol. The summed E-state index contributed by atoms with van der Waals surface area (Å²) in [7, 11) is 3.27. The van der Waals surface area contributed by atoms with E-state index in [1.165, 1.54) is 5.56 Å². The smallest absolute Gasteiger partial charge is 0.256 e. The quantitative estimate of drug-likeness (QED) is 0.408. The second kappa shape index (κ2) is 9.21. The van der Waals surface area contributed by atoms with Crippen LogP contribution in [0.4, 0.5) is 0 Å². The van der Waals surface area contributed by atoms with Crippen molar-refractivity contribution in [3.05, 3.63) is 89.4 Å². The van der Waals surface area contributed by atoms with E-state index < -0.39 is 0 Å². The van der Waals surface area contributed by atoms with Crippen LogP contribution >= 0.6 is 0 Å². The minimum atomic E-state index is -0.167. The predicted octanol–water partition coefficient (Wildman–Crippen LogP) is 5.06. The Balaban J connectivity index is 1.56. The number of fused-ring (bicyclic) bond motifs is 2. The van der Waals surface area contributed by atoms with Crippen LogP contribution in [0.15, 0.2) is 67.0 Å². The fraction of sp³-hybridized carbons (Fsp3) is 0.286. The van der Waals surface area contributed by atoms with E-state index in [0.29, 0.717) is 24.5 Å². The van der Waals surface area contributed by atoms with Gasteiger partial charge in [-0.25, -0.2) is 0 Å². The van der Waals surface area contributed by atoms with Gasteiger partial charge in [0.1, 0.15) is 0 Å². The lowest BCUT2D eigenvalue weighted by atomic mass is 9.92. The highest BCUT2D eigenvalue weighted by Gasteiger charge is 2.34. The Morgan fingerprint density at radius 3 is 2.68 bits per heavy atom. The first-order valence-corrected chi connectivity index (χ1v) is 11.7. The highest BCUT2D eigenvalue weighted by atomic mass is 16.5. The molecule has 0 fully saturated rings. The molecule has 6 heteroatoms. The molecule has 174 valence electrons. The fourth-order valence-electron chi connectivity index (χ4n) is 5.02. The highest BCUT2D eigenvalue weighted by Crippen LogP contribution is 2.36. The zero-order valence-corrected chi connectivity index (χ0v) is 19.8. The van der Waals surface area contributed by atoms with Crippen molar-refractivity contribution in [2.45, 2.75) is 32.4 Å². The molecule has 1 amide bonds. The summed E-state index contributed by atoms with van der Waals surface area (Å²) in [5.74, 6) is 1.42. The molecule has 6 nitrogen and oxygen atoms in total. The van der Waals surface area contributed by atoms with Crippen LogP contribution in [-0.2, 0) is 19.4 Å². The maximum Gasteiger partial charge on any atom is 0.256 e. The maximum absolute atomic E-state index is 14.0. The third kappa shape index (κ3) is 3.79. The van der Waals surface area contributed by atoms with Gasteiger partial charge in [0.2, 0.25) is 0 Å². The number of rotatable bonds is 6. The second-order valence-electron chi connectivity index (χ2n) is 8.55. The molecule has 1 unspecified atom stereocenters. The Kier molecular flexibility index (Phi) is 5.97. The van der Waals surface area contributed by atoms with Gasteiger partial charge in [0.25, 0.3) is 5.91 Å². The molecule has 0 spiro atoms. The van der Waals surface area contributed by atoms with E-state index in [1.54, 1.807) is 14.2 Å². The number of amides is 1. The van der Waals surface area contributed by atoms with Crippen molar-refractivity contribution in [2.24, 2.45) is 0 Å². The summed E-state index contributed by atoms with van der Waals surface area (Å²) in [4.78, 5) is 20.7. The number of hydrogen-bond acceptors (Lipinski definition) is 4. The van der Waals surface area contributed by atoms with Crippen LogP contribution in [-0.4, -0.2) is 41.1 Å². The van der Waals surface area contributed by atoms with Crippen LogP contribution in [0.3, 0.4) is 0 Å². The topological polar surface area (TPSA) is 56.6 Å². The molecule has 0 aliphatic carbocycles. The molecule has 3 heterocycles. The SMILES string of the molecule is CCn1cc(C(=O)N2CCc3cccnc3C2Cc2ccc(OC)c(OC)c2)c2ccccc21. The molecule has 0 N–H and O–H groups in total. The molecular formula is C28H29N3O3. The van der Waals surface area contributed by atoms with Gasteiger partial charge in [0.05, 0.1) is 31.5 Å². The molecule has 2 aromatic carbocycles. The van der Waals surface area contributed by atoms with Gasteiger partial charge >= 0.3 is 0 Å². The first kappa shape index (κ1) is 22.0. The Bertz CT molecular complexity index is 1340. The maximum atomic E-state index is 14.0. The van der Waals surface area contributed by atoms with Crippen molar-refractivity contribution >= 4 is 16.8 Å². The summed E-state index contributed by atoms with van der Waals surface area (Å²) in [6, 6.07) is 18.0. The van der Waals surface area contributed by atoms with E-state index in [2.05, 4.69) is 23.6 Å². The van der Waals surface area contributed by atoms with Crippen molar-refractivity contribution in [3.8, 4) is 11.5 Å². The fourth-order valence-corrected chi connectivity index (χ4v) is 5.02. The molecule has 1 aliphatic rings. The first-order chi connectivity index (χ1) is 16.6. The monoisotopic (exact) mass is 455 g/mol. The average molecular weight is 456 g/mol. The number of aromatic nitrogens is 2. The van der Waals surface area contributed by atoms with Gasteiger partial charge in [-0.15, -0.1) is 0 Å². The molecule has 1 atom stereocenters. The van der Waals surface area contributed by atoms with Gasteiger partial charge in [0, 0.05) is 36.4 Å². The summed E-state index contributed by atoms with van der Waals surface area (Å²) in [6.07, 6.45) is 5.25. The average Bonchev–Trinajstić information content (AvgIpc) is 3.27. The van der Waals surface area contributed by atoms with Crippen LogP contribution in [0.25, 0.3) is 10.9 Å². The number of nitrogens with zero attached hydrogens (tertiary/aromatic N) is 3. The van der Waals surface area contributed by atoms with E-state index in [1.807, 2.05) is 59.8 Å². The molecule has 0 radical (unpaired) electrons. The van der Waals surface area contributed by atoms with E-state index in [0.717, 1.165) is 40.7 Å². The van der Waals surface area contributed by atoms with E-state index >= 15 is 0 Å². The van der Waals surface area contributed by atoms with Gasteiger partial charge in [-0.1, -0.05) is 30.3 Å². The van der Waals surface area contributed by atoms with Crippen molar-refractivity contribution in [1.82, 2.24) is 14.5 Å². The third-order valence-electron chi connectivity index (χ3n) is 6.74. The lowest BCUT2D eigenvalue weighted by Crippen LogP contribution is -2.41. The van der Waals surface area contributed by atoms with Crippen LogP contribution in [0.1, 0.15) is 40.1 Å². The van der Waals surface area contributed by atoms with Crippen LogP contribution in [0.2, 0.25) is 0 Å². The van der Waals surface area contributed by atoms with Crippen molar-refractivity contribution in [1.29, 1.82) is 0 Å². The largest absolute Gasteiger partial charge is 0.493 e. The Hall–Kier alpha value is -3.80. The molecule has 2 aromatic heterocycles. The van der Waals surface area contributed by atoms with Crippen molar-refractivity contribution in [2.75, 3.05) is 20.8 Å².